The van der Waals surface area contributed by atoms with E-state index in [-0.39, 0.29) is 0 Å². The van der Waals surface area contributed by atoms with Gasteiger partial charge in [0, 0.05) is 0 Å². The molecule has 1 atom stereocenters. The molecule has 1 aromatic rings. The summed E-state index contributed by atoms with van der Waals surface area (Å²) < 4.78 is 0. The summed E-state index contributed by atoms with van der Waals surface area (Å²) in [7, 11) is 0. The molecule has 0 saturated carbocycles. The molecule has 1 rings (SSSR count). The van der Waals surface area contributed by atoms with Gasteiger partial charge in [-0.3, -0.25) is 0 Å². The Kier molecular flexibility index (Phi) is 5.70. The van der Waals surface area contributed by atoms with E-state index in [0.717, 1.165) is 13.0 Å². The van der Waals surface area contributed by atoms with E-state index < -0.39 is 0 Å². The molecule has 0 aromatic heterocycles. The highest BCUT2D eigenvalue weighted by molar-refractivity contribution is 5.27. The van der Waals surface area contributed by atoms with Crippen LogP contribution in [0.3, 0.4) is 0 Å². The van der Waals surface area contributed by atoms with Crippen molar-refractivity contribution < 1.29 is 0 Å². The number of nitrogens with two attached hydrogens (primary N) is 1. The van der Waals surface area contributed by atoms with Crippen LogP contribution < -0.4 is 5.73 Å². The highest BCUT2D eigenvalue weighted by Gasteiger charge is 2.15. The lowest BCUT2D eigenvalue weighted by atomic mass is 9.84. The van der Waals surface area contributed by atoms with Gasteiger partial charge in [0.05, 0.1) is 0 Å². The van der Waals surface area contributed by atoms with Crippen LogP contribution in [0.1, 0.15) is 63.5 Å². The topological polar surface area (TPSA) is 26.0 Å². The minimum absolute atomic E-state index is 0.616. The Morgan fingerprint density at radius 2 is 1.47 bits per heavy atom. The van der Waals surface area contributed by atoms with Crippen LogP contribution >= 0.6 is 0 Å². The summed E-state index contributed by atoms with van der Waals surface area (Å²) in [5, 5.41) is 0. The first kappa shape index (κ1) is 14.2. The minimum Gasteiger partial charge on any atom is -0.330 e. The predicted molar refractivity (Wildman–Crippen MR) is 76.4 cm³/mol. The molecule has 1 aromatic carbocycles. The normalized spacial score (nSPS) is 13.4. The summed E-state index contributed by atoms with van der Waals surface area (Å²) in [4.78, 5) is 0. The highest BCUT2D eigenvalue weighted by atomic mass is 14.5. The minimum atomic E-state index is 0.616. The maximum absolute atomic E-state index is 5.62. The third kappa shape index (κ3) is 4.16. The lowest BCUT2D eigenvalue weighted by Crippen LogP contribution is -2.10. The van der Waals surface area contributed by atoms with E-state index in [1.54, 1.807) is 0 Å². The number of rotatable bonds is 6. The van der Waals surface area contributed by atoms with Crippen molar-refractivity contribution in [3.05, 3.63) is 35.4 Å². The SMILES string of the molecule is CC(C)c1ccc(C(CCCN)C(C)C)cc1. The van der Waals surface area contributed by atoms with Crippen LogP contribution in [0.15, 0.2) is 24.3 Å². The first-order valence-corrected chi connectivity index (χ1v) is 6.86. The van der Waals surface area contributed by atoms with Crippen molar-refractivity contribution in [3.8, 4) is 0 Å². The van der Waals surface area contributed by atoms with Gasteiger partial charge in [-0.15, -0.1) is 0 Å². The smallest absolute Gasteiger partial charge is 0.00771 e. The molecule has 0 bridgehead atoms. The second-order valence-corrected chi connectivity index (χ2v) is 5.60. The molecule has 1 heteroatoms. The van der Waals surface area contributed by atoms with E-state index in [1.807, 2.05) is 0 Å². The van der Waals surface area contributed by atoms with Crippen molar-refractivity contribution in [3.63, 3.8) is 0 Å². The number of benzene rings is 1. The average Bonchev–Trinajstić information content (AvgIpc) is 2.29. The molecular weight excluding hydrogens is 206 g/mol. The van der Waals surface area contributed by atoms with Crippen molar-refractivity contribution >= 4 is 0 Å². The molecule has 0 amide bonds. The predicted octanol–water partition coefficient (Wildman–Crippen LogP) is 4.29. The molecule has 1 nitrogen and oxygen atoms in total. The van der Waals surface area contributed by atoms with Gasteiger partial charge in [-0.1, -0.05) is 52.0 Å². The standard InChI is InChI=1S/C16H27N/c1-12(2)14-7-9-15(10-8-14)16(13(3)4)6-5-11-17/h7-10,12-13,16H,5-6,11,17H2,1-4H3. The summed E-state index contributed by atoms with van der Waals surface area (Å²) in [5.74, 6) is 1.96. The van der Waals surface area contributed by atoms with Crippen LogP contribution in [-0.2, 0) is 0 Å². The van der Waals surface area contributed by atoms with Crippen LogP contribution in [0.25, 0.3) is 0 Å². The molecule has 0 heterocycles. The van der Waals surface area contributed by atoms with E-state index in [4.69, 9.17) is 5.73 Å². The molecule has 0 aliphatic heterocycles. The van der Waals surface area contributed by atoms with Crippen molar-refractivity contribution in [2.45, 2.75) is 52.4 Å². The van der Waals surface area contributed by atoms with Crippen LogP contribution in [0, 0.1) is 5.92 Å². The number of hydrogen-bond donors (Lipinski definition) is 1. The van der Waals surface area contributed by atoms with Gasteiger partial charge in [0.2, 0.25) is 0 Å². The van der Waals surface area contributed by atoms with Gasteiger partial charge in [0.25, 0.3) is 0 Å². The second kappa shape index (κ2) is 6.80. The fourth-order valence-electron chi connectivity index (χ4n) is 2.35. The van der Waals surface area contributed by atoms with E-state index in [9.17, 15) is 0 Å². The molecule has 2 N–H and O–H groups in total. The molecule has 0 saturated heterocycles. The molecule has 0 aliphatic carbocycles. The van der Waals surface area contributed by atoms with Gasteiger partial charge >= 0.3 is 0 Å². The van der Waals surface area contributed by atoms with Gasteiger partial charge in [0.1, 0.15) is 0 Å². The second-order valence-electron chi connectivity index (χ2n) is 5.60. The van der Waals surface area contributed by atoms with E-state index >= 15 is 0 Å². The van der Waals surface area contributed by atoms with Crippen molar-refractivity contribution in [1.29, 1.82) is 0 Å². The van der Waals surface area contributed by atoms with Crippen LogP contribution in [0.5, 0.6) is 0 Å². The fourth-order valence-corrected chi connectivity index (χ4v) is 2.35. The summed E-state index contributed by atoms with van der Waals surface area (Å²) in [6.45, 7) is 9.88. The largest absolute Gasteiger partial charge is 0.330 e. The molecule has 0 aliphatic rings. The molecule has 1 unspecified atom stereocenters. The number of hydrogen-bond acceptors (Lipinski definition) is 1. The van der Waals surface area contributed by atoms with Gasteiger partial charge in [0.15, 0.2) is 0 Å². The van der Waals surface area contributed by atoms with Crippen molar-refractivity contribution in [2.24, 2.45) is 11.7 Å². The Labute approximate surface area is 106 Å². The quantitative estimate of drug-likeness (QED) is 0.779. The third-order valence-electron chi connectivity index (χ3n) is 3.56. The monoisotopic (exact) mass is 233 g/mol. The lowest BCUT2D eigenvalue weighted by Gasteiger charge is -2.21. The highest BCUT2D eigenvalue weighted by Crippen LogP contribution is 2.29. The maximum atomic E-state index is 5.62. The van der Waals surface area contributed by atoms with E-state index in [0.29, 0.717) is 17.8 Å². The Hall–Kier alpha value is -0.820. The van der Waals surface area contributed by atoms with E-state index in [1.165, 1.54) is 17.5 Å². The Bertz CT molecular complexity index is 311. The van der Waals surface area contributed by atoms with Gasteiger partial charge in [-0.05, 0) is 48.3 Å². The Morgan fingerprint density at radius 3 is 1.88 bits per heavy atom. The van der Waals surface area contributed by atoms with Gasteiger partial charge in [-0.2, -0.15) is 0 Å². The summed E-state index contributed by atoms with van der Waals surface area (Å²) in [6.07, 6.45) is 2.32. The Balaban J connectivity index is 2.80. The first-order chi connectivity index (χ1) is 8.06. The van der Waals surface area contributed by atoms with Gasteiger partial charge in [-0.25, -0.2) is 0 Å². The first-order valence-electron chi connectivity index (χ1n) is 6.86. The molecular formula is C16H27N. The molecule has 96 valence electrons. The maximum Gasteiger partial charge on any atom is -0.00771 e. The van der Waals surface area contributed by atoms with Crippen LogP contribution in [0.2, 0.25) is 0 Å². The van der Waals surface area contributed by atoms with E-state index in [2.05, 4.69) is 52.0 Å². The molecule has 0 fully saturated rings. The van der Waals surface area contributed by atoms with Gasteiger partial charge < -0.3 is 5.73 Å². The summed E-state index contributed by atoms with van der Waals surface area (Å²) in [5.41, 5.74) is 8.52. The lowest BCUT2D eigenvalue weighted by molar-refractivity contribution is 0.458. The average molecular weight is 233 g/mol. The molecule has 0 radical (unpaired) electrons. The zero-order valence-electron chi connectivity index (χ0n) is 11.7. The van der Waals surface area contributed by atoms with Crippen molar-refractivity contribution in [2.75, 3.05) is 6.54 Å². The zero-order chi connectivity index (χ0) is 12.8. The summed E-state index contributed by atoms with van der Waals surface area (Å²) >= 11 is 0. The van der Waals surface area contributed by atoms with Crippen molar-refractivity contribution in [1.82, 2.24) is 0 Å². The molecule has 17 heavy (non-hydrogen) atoms. The third-order valence-corrected chi connectivity index (χ3v) is 3.56. The molecule has 0 spiro atoms. The van der Waals surface area contributed by atoms with Crippen LogP contribution in [-0.4, -0.2) is 6.54 Å². The fraction of sp³-hybridized carbons (Fsp3) is 0.625. The Morgan fingerprint density at radius 1 is 0.941 bits per heavy atom. The zero-order valence-corrected chi connectivity index (χ0v) is 11.7. The van der Waals surface area contributed by atoms with Crippen LogP contribution in [0.4, 0.5) is 0 Å². The summed E-state index contributed by atoms with van der Waals surface area (Å²) in [6, 6.07) is 9.16.